The number of nitrogens with zero attached hydrogens (tertiary/aromatic N) is 2. The van der Waals surface area contributed by atoms with Crippen LogP contribution in [0, 0.1) is 0 Å². The van der Waals surface area contributed by atoms with Gasteiger partial charge in [-0.25, -0.2) is 4.98 Å². The lowest BCUT2D eigenvalue weighted by Gasteiger charge is -2.09. The van der Waals surface area contributed by atoms with E-state index in [9.17, 15) is 4.79 Å². The summed E-state index contributed by atoms with van der Waals surface area (Å²) in [6.45, 7) is 0.906. The van der Waals surface area contributed by atoms with Gasteiger partial charge in [0, 0.05) is 29.8 Å². The molecule has 5 heteroatoms. The van der Waals surface area contributed by atoms with Crippen LogP contribution < -0.4 is 0 Å². The second kappa shape index (κ2) is 8.62. The van der Waals surface area contributed by atoms with Crippen molar-refractivity contribution in [2.24, 2.45) is 0 Å². The third kappa shape index (κ3) is 5.29. The van der Waals surface area contributed by atoms with E-state index in [0.717, 1.165) is 15.9 Å². The summed E-state index contributed by atoms with van der Waals surface area (Å²) in [5, 5.41) is 0. The third-order valence-corrected chi connectivity index (χ3v) is 4.36. The van der Waals surface area contributed by atoms with E-state index in [1.807, 2.05) is 53.2 Å². The number of carbonyl (C=O) groups excluding carboxylic acids is 1. The van der Waals surface area contributed by atoms with Gasteiger partial charge in [-0.2, -0.15) is 0 Å². The van der Waals surface area contributed by atoms with Crippen molar-refractivity contribution in [1.82, 2.24) is 9.55 Å². The van der Waals surface area contributed by atoms with E-state index >= 15 is 0 Å². The number of aryl methyl sites for hydroxylation is 1. The van der Waals surface area contributed by atoms with Crippen molar-refractivity contribution in [2.45, 2.75) is 26.0 Å². The molecule has 0 aliphatic rings. The molecule has 4 nitrogen and oxygen atoms in total. The zero-order chi connectivity index (χ0) is 17.5. The van der Waals surface area contributed by atoms with E-state index in [1.54, 1.807) is 6.20 Å². The molecule has 0 saturated carbocycles. The summed E-state index contributed by atoms with van der Waals surface area (Å²) in [6.07, 6.45) is 4.65. The number of carbonyl (C=O) groups is 1. The maximum absolute atomic E-state index is 12.0. The molecule has 1 aromatic heterocycles. The number of hydrogen-bond donors (Lipinski definition) is 0. The van der Waals surface area contributed by atoms with Crippen LogP contribution in [0.15, 0.2) is 71.5 Å². The quantitative estimate of drug-likeness (QED) is 0.555. The van der Waals surface area contributed by atoms with Crippen LogP contribution in [0.25, 0.3) is 0 Å². The summed E-state index contributed by atoms with van der Waals surface area (Å²) in [4.78, 5) is 16.3. The van der Waals surface area contributed by atoms with E-state index < -0.39 is 0 Å². The summed E-state index contributed by atoms with van der Waals surface area (Å²) in [5.74, 6) is 0.536. The van der Waals surface area contributed by atoms with Gasteiger partial charge >= 0.3 is 5.97 Å². The molecule has 25 heavy (non-hydrogen) atoms. The highest BCUT2D eigenvalue weighted by atomic mass is 79.9. The van der Waals surface area contributed by atoms with Crippen LogP contribution in [0.2, 0.25) is 0 Å². The van der Waals surface area contributed by atoms with Crippen molar-refractivity contribution in [3.05, 3.63) is 88.4 Å². The Hall–Kier alpha value is -2.40. The molecule has 0 N–H and O–H groups in total. The SMILES string of the molecule is O=C(CCc1cccc(Br)c1)OCc1nccn1Cc1ccccc1. The zero-order valence-electron chi connectivity index (χ0n) is 13.8. The van der Waals surface area contributed by atoms with E-state index in [-0.39, 0.29) is 12.6 Å². The van der Waals surface area contributed by atoms with E-state index in [1.165, 1.54) is 5.56 Å². The molecule has 3 rings (SSSR count). The molecule has 0 bridgehead atoms. The van der Waals surface area contributed by atoms with Crippen molar-refractivity contribution in [3.63, 3.8) is 0 Å². The van der Waals surface area contributed by atoms with Gasteiger partial charge in [-0.05, 0) is 29.7 Å². The minimum absolute atomic E-state index is 0.192. The van der Waals surface area contributed by atoms with Crippen LogP contribution in [-0.2, 0) is 29.1 Å². The first-order valence-electron chi connectivity index (χ1n) is 8.15. The number of ether oxygens (including phenoxy) is 1. The van der Waals surface area contributed by atoms with Crippen molar-refractivity contribution < 1.29 is 9.53 Å². The van der Waals surface area contributed by atoms with E-state index in [4.69, 9.17) is 4.74 Å². The van der Waals surface area contributed by atoms with Gasteiger partial charge in [0.2, 0.25) is 0 Å². The molecule has 0 aliphatic carbocycles. The first-order valence-corrected chi connectivity index (χ1v) is 8.94. The van der Waals surface area contributed by atoms with Crippen LogP contribution >= 0.6 is 15.9 Å². The molecule has 0 spiro atoms. The Bertz CT molecular complexity index is 830. The second-order valence-corrected chi connectivity index (χ2v) is 6.66. The van der Waals surface area contributed by atoms with Crippen molar-refractivity contribution in [2.75, 3.05) is 0 Å². The molecule has 3 aromatic rings. The van der Waals surface area contributed by atoms with Gasteiger partial charge in [0.25, 0.3) is 0 Å². The standard InChI is InChI=1S/C20H19BrN2O2/c21-18-8-4-7-16(13-18)9-10-20(24)25-15-19-22-11-12-23(19)14-17-5-2-1-3-6-17/h1-8,11-13H,9-10,14-15H2. The van der Waals surface area contributed by atoms with Crippen LogP contribution in [0.5, 0.6) is 0 Å². The topological polar surface area (TPSA) is 44.1 Å². The highest BCUT2D eigenvalue weighted by Gasteiger charge is 2.08. The Morgan fingerprint density at radius 2 is 1.88 bits per heavy atom. The molecule has 0 amide bonds. The van der Waals surface area contributed by atoms with Gasteiger partial charge in [0.1, 0.15) is 12.4 Å². The fourth-order valence-corrected chi connectivity index (χ4v) is 3.01. The second-order valence-electron chi connectivity index (χ2n) is 5.75. The fourth-order valence-electron chi connectivity index (χ4n) is 2.56. The average Bonchev–Trinajstić information content (AvgIpc) is 3.06. The van der Waals surface area contributed by atoms with Gasteiger partial charge in [0.05, 0.1) is 0 Å². The smallest absolute Gasteiger partial charge is 0.306 e. The van der Waals surface area contributed by atoms with Crippen molar-refractivity contribution >= 4 is 21.9 Å². The number of halogens is 1. The van der Waals surface area contributed by atoms with Crippen molar-refractivity contribution in [3.8, 4) is 0 Å². The van der Waals surface area contributed by atoms with Gasteiger partial charge in [0.15, 0.2) is 0 Å². The van der Waals surface area contributed by atoms with Crippen LogP contribution in [0.1, 0.15) is 23.4 Å². The van der Waals surface area contributed by atoms with Gasteiger partial charge in [-0.1, -0.05) is 58.4 Å². The zero-order valence-corrected chi connectivity index (χ0v) is 15.4. The number of rotatable bonds is 7. The molecule has 128 valence electrons. The van der Waals surface area contributed by atoms with Crippen LogP contribution in [0.3, 0.4) is 0 Å². The molecule has 0 unspecified atom stereocenters. The normalized spacial score (nSPS) is 10.6. The Labute approximate surface area is 155 Å². The lowest BCUT2D eigenvalue weighted by molar-refractivity contribution is -0.145. The Morgan fingerprint density at radius 1 is 1.08 bits per heavy atom. The largest absolute Gasteiger partial charge is 0.457 e. The van der Waals surface area contributed by atoms with Crippen molar-refractivity contribution in [1.29, 1.82) is 0 Å². The van der Waals surface area contributed by atoms with E-state index in [2.05, 4.69) is 33.0 Å². The number of benzene rings is 2. The number of hydrogen-bond acceptors (Lipinski definition) is 3. The Kier molecular flexibility index (Phi) is 6.01. The Balaban J connectivity index is 1.50. The van der Waals surface area contributed by atoms with E-state index in [0.29, 0.717) is 19.4 Å². The maximum Gasteiger partial charge on any atom is 0.306 e. The third-order valence-electron chi connectivity index (χ3n) is 3.87. The summed E-state index contributed by atoms with van der Waals surface area (Å²) in [5.41, 5.74) is 2.29. The molecular formula is C20H19BrN2O2. The van der Waals surface area contributed by atoms with Gasteiger partial charge in [-0.15, -0.1) is 0 Å². The molecular weight excluding hydrogens is 380 g/mol. The highest BCUT2D eigenvalue weighted by Crippen LogP contribution is 2.13. The molecule has 0 fully saturated rings. The summed E-state index contributed by atoms with van der Waals surface area (Å²) >= 11 is 3.43. The molecule has 1 heterocycles. The first-order chi connectivity index (χ1) is 12.2. The Morgan fingerprint density at radius 3 is 2.68 bits per heavy atom. The maximum atomic E-state index is 12.0. The first kappa shape index (κ1) is 17.4. The summed E-state index contributed by atoms with van der Waals surface area (Å²) in [6, 6.07) is 18.1. The number of imidazole rings is 1. The molecule has 2 aromatic carbocycles. The van der Waals surface area contributed by atoms with Crippen LogP contribution in [0.4, 0.5) is 0 Å². The average molecular weight is 399 g/mol. The number of aromatic nitrogens is 2. The monoisotopic (exact) mass is 398 g/mol. The predicted octanol–water partition coefficient (Wildman–Crippen LogP) is 4.37. The molecule has 0 atom stereocenters. The lowest BCUT2D eigenvalue weighted by atomic mass is 10.1. The fraction of sp³-hybridized carbons (Fsp3) is 0.200. The highest BCUT2D eigenvalue weighted by molar-refractivity contribution is 9.10. The van der Waals surface area contributed by atoms with Gasteiger partial charge in [-0.3, -0.25) is 4.79 Å². The molecule has 0 aliphatic heterocycles. The minimum Gasteiger partial charge on any atom is -0.457 e. The summed E-state index contributed by atoms with van der Waals surface area (Å²) < 4.78 is 8.39. The molecule has 0 radical (unpaired) electrons. The predicted molar refractivity (Wildman–Crippen MR) is 100 cm³/mol. The minimum atomic E-state index is -0.214. The molecule has 0 saturated heterocycles. The van der Waals surface area contributed by atoms with Gasteiger partial charge < -0.3 is 9.30 Å². The number of esters is 1. The lowest BCUT2D eigenvalue weighted by Crippen LogP contribution is -2.10. The summed E-state index contributed by atoms with van der Waals surface area (Å²) in [7, 11) is 0. The van der Waals surface area contributed by atoms with Crippen LogP contribution in [-0.4, -0.2) is 15.5 Å².